The summed E-state index contributed by atoms with van der Waals surface area (Å²) in [6.45, 7) is 10.7. The summed E-state index contributed by atoms with van der Waals surface area (Å²) in [5, 5.41) is 14.7. The Morgan fingerprint density at radius 3 is 3.00 bits per heavy atom. The van der Waals surface area contributed by atoms with Crippen LogP contribution >= 0.6 is 11.3 Å². The smallest absolute Gasteiger partial charge is 0.239 e. The lowest BCUT2D eigenvalue weighted by Gasteiger charge is -2.21. The summed E-state index contributed by atoms with van der Waals surface area (Å²) in [5.74, 6) is 0.448. The number of ether oxygens (including phenoxy) is 1. The molecule has 2 aromatic rings. The van der Waals surface area contributed by atoms with E-state index in [4.69, 9.17) is 4.74 Å². The maximum absolute atomic E-state index is 12.9. The average molecular weight is 413 g/mol. The summed E-state index contributed by atoms with van der Waals surface area (Å²) >= 11 is 1.67. The molecule has 0 aliphatic carbocycles. The second-order valence-corrected chi connectivity index (χ2v) is 8.41. The summed E-state index contributed by atoms with van der Waals surface area (Å²) in [6.07, 6.45) is 3.98. The monoisotopic (exact) mass is 412 g/mol. The molecule has 0 spiro atoms. The predicted molar refractivity (Wildman–Crippen MR) is 116 cm³/mol. The Bertz CT molecular complexity index is 889. The van der Waals surface area contributed by atoms with E-state index >= 15 is 0 Å². The Kier molecular flexibility index (Phi) is 7.26. The molecule has 1 fully saturated rings. The van der Waals surface area contributed by atoms with Crippen molar-refractivity contribution in [2.75, 3.05) is 25.0 Å². The number of anilines is 1. The molecule has 2 aromatic heterocycles. The normalized spacial score (nSPS) is 16.1. The van der Waals surface area contributed by atoms with Gasteiger partial charge in [-0.15, -0.1) is 17.9 Å². The van der Waals surface area contributed by atoms with Crippen LogP contribution in [0.1, 0.15) is 34.5 Å². The number of thiophene rings is 1. The predicted octanol–water partition coefficient (Wildman–Crippen LogP) is 3.84. The molecule has 3 heterocycles. The molecule has 29 heavy (non-hydrogen) atoms. The first-order valence-electron chi connectivity index (χ1n) is 9.90. The number of aromatic nitrogens is 1. The number of carbonyl (C=O) groups is 1. The molecule has 3 rings (SSSR count). The highest BCUT2D eigenvalue weighted by Gasteiger charge is 2.24. The van der Waals surface area contributed by atoms with E-state index in [-0.39, 0.29) is 18.6 Å². The number of nitrogens with one attached hydrogen (secondary N) is 1. The van der Waals surface area contributed by atoms with Gasteiger partial charge in [0.05, 0.1) is 24.8 Å². The summed E-state index contributed by atoms with van der Waals surface area (Å²) in [6, 6.07) is 6.34. The van der Waals surface area contributed by atoms with E-state index in [1.165, 1.54) is 4.88 Å². The second kappa shape index (κ2) is 9.88. The van der Waals surface area contributed by atoms with Gasteiger partial charge in [0.1, 0.15) is 11.9 Å². The van der Waals surface area contributed by atoms with Gasteiger partial charge in [0, 0.05) is 30.3 Å². The van der Waals surface area contributed by atoms with Gasteiger partial charge in [-0.3, -0.25) is 9.69 Å². The third kappa shape index (κ3) is 5.15. The van der Waals surface area contributed by atoms with Crippen molar-refractivity contribution in [2.45, 2.75) is 45.9 Å². The number of carbonyl (C=O) groups excluding carboxylic acids is 1. The lowest BCUT2D eigenvalue weighted by molar-refractivity contribution is -0.117. The van der Waals surface area contributed by atoms with Crippen molar-refractivity contribution < 1.29 is 9.53 Å². The van der Waals surface area contributed by atoms with Gasteiger partial charge in [0.2, 0.25) is 5.91 Å². The van der Waals surface area contributed by atoms with Crippen LogP contribution in [0.2, 0.25) is 0 Å². The molecule has 1 amide bonds. The highest BCUT2D eigenvalue weighted by molar-refractivity contribution is 7.09. The first-order chi connectivity index (χ1) is 14.0. The van der Waals surface area contributed by atoms with Gasteiger partial charge in [0.15, 0.2) is 0 Å². The number of rotatable bonds is 9. The van der Waals surface area contributed by atoms with Gasteiger partial charge >= 0.3 is 0 Å². The highest BCUT2D eigenvalue weighted by Crippen LogP contribution is 2.28. The van der Waals surface area contributed by atoms with Crippen LogP contribution in [0.15, 0.2) is 30.2 Å². The molecular formula is C22H28N4O2S. The molecule has 154 valence electrons. The number of amides is 1. The van der Waals surface area contributed by atoms with E-state index in [2.05, 4.69) is 24.0 Å². The molecule has 1 aliphatic heterocycles. The van der Waals surface area contributed by atoms with Crippen molar-refractivity contribution in [1.82, 2.24) is 9.47 Å². The molecule has 0 saturated carbocycles. The molecule has 6 nitrogen and oxygen atoms in total. The zero-order valence-electron chi connectivity index (χ0n) is 17.1. The number of hydrogen-bond donors (Lipinski definition) is 1. The van der Waals surface area contributed by atoms with E-state index in [0.717, 1.165) is 30.7 Å². The van der Waals surface area contributed by atoms with Crippen molar-refractivity contribution in [2.24, 2.45) is 0 Å². The molecular weight excluding hydrogens is 384 g/mol. The van der Waals surface area contributed by atoms with Crippen molar-refractivity contribution in [3.05, 3.63) is 51.9 Å². The summed E-state index contributed by atoms with van der Waals surface area (Å²) < 4.78 is 7.80. The van der Waals surface area contributed by atoms with Gasteiger partial charge in [-0.2, -0.15) is 5.26 Å². The summed E-state index contributed by atoms with van der Waals surface area (Å²) in [4.78, 5) is 16.1. The minimum absolute atomic E-state index is 0.124. The zero-order valence-corrected chi connectivity index (χ0v) is 17.9. The van der Waals surface area contributed by atoms with Crippen LogP contribution < -0.4 is 5.32 Å². The van der Waals surface area contributed by atoms with Gasteiger partial charge < -0.3 is 14.6 Å². The molecule has 0 bridgehead atoms. The number of nitrogens with zero attached hydrogens (tertiary/aromatic N) is 3. The summed E-state index contributed by atoms with van der Waals surface area (Å²) in [7, 11) is 0. The molecule has 0 aromatic carbocycles. The van der Waals surface area contributed by atoms with E-state index in [1.807, 2.05) is 34.8 Å². The molecule has 1 unspecified atom stereocenters. The standard InChI is InChI=1S/C22H28N4O2S/c1-4-9-25(14-19-8-6-11-29-19)15-21(27)24-22-20(12-23)16(2)17(3)26(22)13-18-7-5-10-28-18/h4,6,8,11,18H,1,5,7,9-10,13-15H2,2-3H3,(H,24,27). The largest absolute Gasteiger partial charge is 0.376 e. The topological polar surface area (TPSA) is 70.3 Å². The Labute approximate surface area is 176 Å². The Hall–Kier alpha value is -2.40. The van der Waals surface area contributed by atoms with Crippen LogP contribution in [0.4, 0.5) is 5.82 Å². The maximum Gasteiger partial charge on any atom is 0.239 e. The Morgan fingerprint density at radius 2 is 2.38 bits per heavy atom. The SMILES string of the molecule is C=CCN(CC(=O)Nc1c(C#N)c(C)c(C)n1CC1CCCO1)Cc1cccs1. The number of hydrogen-bond acceptors (Lipinski definition) is 5. The van der Waals surface area contributed by atoms with Gasteiger partial charge in [-0.25, -0.2) is 0 Å². The van der Waals surface area contributed by atoms with E-state index < -0.39 is 0 Å². The third-order valence-corrected chi connectivity index (χ3v) is 6.18. The molecule has 7 heteroatoms. The fraction of sp³-hybridized carbons (Fsp3) is 0.455. The maximum atomic E-state index is 12.9. The van der Waals surface area contributed by atoms with Crippen LogP contribution in [-0.4, -0.2) is 41.2 Å². The fourth-order valence-corrected chi connectivity index (χ4v) is 4.46. The van der Waals surface area contributed by atoms with Crippen LogP contribution in [0.25, 0.3) is 0 Å². The van der Waals surface area contributed by atoms with Gasteiger partial charge in [-0.1, -0.05) is 12.1 Å². The number of nitriles is 1. The molecule has 1 N–H and O–H groups in total. The molecule has 1 atom stereocenters. The van der Waals surface area contributed by atoms with E-state index in [9.17, 15) is 10.1 Å². The van der Waals surface area contributed by atoms with Crippen molar-refractivity contribution in [1.29, 1.82) is 5.26 Å². The lowest BCUT2D eigenvalue weighted by Crippen LogP contribution is -2.33. The lowest BCUT2D eigenvalue weighted by atomic mass is 10.2. The zero-order chi connectivity index (χ0) is 20.8. The van der Waals surface area contributed by atoms with Gasteiger partial charge in [0.25, 0.3) is 0 Å². The summed E-state index contributed by atoms with van der Waals surface area (Å²) in [5.41, 5.74) is 2.43. The highest BCUT2D eigenvalue weighted by atomic mass is 32.1. The van der Waals surface area contributed by atoms with Crippen molar-refractivity contribution >= 4 is 23.1 Å². The van der Waals surface area contributed by atoms with Crippen molar-refractivity contribution in [3.8, 4) is 6.07 Å². The van der Waals surface area contributed by atoms with Crippen LogP contribution in [0.5, 0.6) is 0 Å². The van der Waals surface area contributed by atoms with Crippen LogP contribution in [0, 0.1) is 25.2 Å². The van der Waals surface area contributed by atoms with Crippen molar-refractivity contribution in [3.63, 3.8) is 0 Å². The minimum atomic E-state index is -0.133. The van der Waals surface area contributed by atoms with Crippen LogP contribution in [0.3, 0.4) is 0 Å². The second-order valence-electron chi connectivity index (χ2n) is 7.38. The molecule has 1 saturated heterocycles. The quantitative estimate of drug-likeness (QED) is 0.635. The Morgan fingerprint density at radius 1 is 1.55 bits per heavy atom. The minimum Gasteiger partial charge on any atom is -0.376 e. The molecule has 0 radical (unpaired) electrons. The average Bonchev–Trinajstić information content (AvgIpc) is 3.42. The fourth-order valence-electron chi connectivity index (χ4n) is 3.72. The van der Waals surface area contributed by atoms with E-state index in [1.54, 1.807) is 17.4 Å². The Balaban J connectivity index is 1.76. The van der Waals surface area contributed by atoms with Gasteiger partial charge in [-0.05, 0) is 43.7 Å². The van der Waals surface area contributed by atoms with Crippen LogP contribution in [-0.2, 0) is 22.6 Å². The third-order valence-electron chi connectivity index (χ3n) is 5.32. The van der Waals surface area contributed by atoms with E-state index in [0.29, 0.717) is 31.0 Å². The first kappa shape index (κ1) is 21.3. The first-order valence-corrected chi connectivity index (χ1v) is 10.8. The molecule has 1 aliphatic rings.